The van der Waals surface area contributed by atoms with Crippen LogP contribution in [0, 0.1) is 13.8 Å². The van der Waals surface area contributed by atoms with Crippen LogP contribution in [0.3, 0.4) is 0 Å². The molecule has 2 aromatic rings. The van der Waals surface area contributed by atoms with E-state index >= 15 is 0 Å². The van der Waals surface area contributed by atoms with E-state index < -0.39 is 12.1 Å². The summed E-state index contributed by atoms with van der Waals surface area (Å²) in [6.07, 6.45) is -0.673. The molecule has 0 aromatic heterocycles. The first-order valence-electron chi connectivity index (χ1n) is 8.22. The summed E-state index contributed by atoms with van der Waals surface area (Å²) in [4.78, 5) is 24.1. The van der Waals surface area contributed by atoms with E-state index in [1.165, 1.54) is 0 Å². The SMILES string of the molecule is CCOC(=O)c1cccc(NC(=O)C(C)Oc2ccc(C)cc2C)c1. The van der Waals surface area contributed by atoms with Crippen molar-refractivity contribution >= 4 is 17.6 Å². The highest BCUT2D eigenvalue weighted by atomic mass is 16.5. The van der Waals surface area contributed by atoms with Crippen molar-refractivity contribution in [2.75, 3.05) is 11.9 Å². The van der Waals surface area contributed by atoms with E-state index in [1.807, 2.05) is 32.0 Å². The number of hydrogen-bond acceptors (Lipinski definition) is 4. The smallest absolute Gasteiger partial charge is 0.338 e. The van der Waals surface area contributed by atoms with Crippen LogP contribution in [0.4, 0.5) is 5.69 Å². The molecule has 0 saturated heterocycles. The molecule has 0 aliphatic carbocycles. The number of benzene rings is 2. The molecule has 1 amide bonds. The molecule has 0 aliphatic rings. The van der Waals surface area contributed by atoms with E-state index in [0.29, 0.717) is 23.6 Å². The molecule has 0 fully saturated rings. The maximum Gasteiger partial charge on any atom is 0.338 e. The first-order chi connectivity index (χ1) is 11.9. The Morgan fingerprint density at radius 1 is 1.12 bits per heavy atom. The molecular formula is C20H23NO4. The number of hydrogen-bond donors (Lipinski definition) is 1. The molecule has 0 saturated carbocycles. The molecule has 2 rings (SSSR count). The summed E-state index contributed by atoms with van der Waals surface area (Å²) in [5.74, 6) is -0.0346. The van der Waals surface area contributed by atoms with Gasteiger partial charge >= 0.3 is 5.97 Å². The Labute approximate surface area is 148 Å². The van der Waals surface area contributed by atoms with Crippen LogP contribution in [-0.4, -0.2) is 24.6 Å². The van der Waals surface area contributed by atoms with Crippen LogP contribution < -0.4 is 10.1 Å². The van der Waals surface area contributed by atoms with Crippen LogP contribution in [0.15, 0.2) is 42.5 Å². The van der Waals surface area contributed by atoms with E-state index in [4.69, 9.17) is 9.47 Å². The zero-order valence-corrected chi connectivity index (χ0v) is 15.0. The van der Waals surface area contributed by atoms with E-state index in [0.717, 1.165) is 11.1 Å². The van der Waals surface area contributed by atoms with Gasteiger partial charge in [0, 0.05) is 5.69 Å². The normalized spacial score (nSPS) is 11.5. The van der Waals surface area contributed by atoms with Gasteiger partial charge in [-0.15, -0.1) is 0 Å². The van der Waals surface area contributed by atoms with Crippen LogP contribution in [0.2, 0.25) is 0 Å². The Morgan fingerprint density at radius 3 is 2.56 bits per heavy atom. The number of carbonyl (C=O) groups excluding carboxylic acids is 2. The number of aryl methyl sites for hydroxylation is 2. The average molecular weight is 341 g/mol. The van der Waals surface area contributed by atoms with Crippen LogP contribution >= 0.6 is 0 Å². The van der Waals surface area contributed by atoms with Crippen molar-refractivity contribution in [3.05, 3.63) is 59.2 Å². The van der Waals surface area contributed by atoms with Crippen molar-refractivity contribution in [3.8, 4) is 5.75 Å². The van der Waals surface area contributed by atoms with E-state index in [-0.39, 0.29) is 5.91 Å². The summed E-state index contributed by atoms with van der Waals surface area (Å²) in [6, 6.07) is 12.4. The van der Waals surface area contributed by atoms with Crippen LogP contribution in [0.1, 0.15) is 35.3 Å². The number of carbonyl (C=O) groups is 2. The molecule has 5 nitrogen and oxygen atoms in total. The van der Waals surface area contributed by atoms with Crippen molar-refractivity contribution in [2.45, 2.75) is 33.8 Å². The van der Waals surface area contributed by atoms with Crippen molar-refractivity contribution in [3.63, 3.8) is 0 Å². The highest BCUT2D eigenvalue weighted by Gasteiger charge is 2.16. The summed E-state index contributed by atoms with van der Waals surface area (Å²) in [7, 11) is 0. The third kappa shape index (κ3) is 5.08. The maximum absolute atomic E-state index is 12.3. The van der Waals surface area contributed by atoms with E-state index in [1.54, 1.807) is 38.1 Å². The molecule has 2 aromatic carbocycles. The zero-order chi connectivity index (χ0) is 18.4. The van der Waals surface area contributed by atoms with Gasteiger partial charge in [0.15, 0.2) is 6.10 Å². The zero-order valence-electron chi connectivity index (χ0n) is 15.0. The fraction of sp³-hybridized carbons (Fsp3) is 0.300. The quantitative estimate of drug-likeness (QED) is 0.810. The highest BCUT2D eigenvalue weighted by Crippen LogP contribution is 2.20. The number of esters is 1. The van der Waals surface area contributed by atoms with Gasteiger partial charge in [0.2, 0.25) is 0 Å². The van der Waals surface area contributed by atoms with Crippen molar-refractivity contribution < 1.29 is 19.1 Å². The van der Waals surface area contributed by atoms with Crippen LogP contribution in [-0.2, 0) is 9.53 Å². The number of rotatable bonds is 6. The van der Waals surface area contributed by atoms with Gasteiger partial charge in [-0.25, -0.2) is 4.79 Å². The van der Waals surface area contributed by atoms with Gasteiger partial charge in [0.1, 0.15) is 5.75 Å². The third-order valence-corrected chi connectivity index (χ3v) is 3.64. The lowest BCUT2D eigenvalue weighted by Crippen LogP contribution is -2.30. The lowest BCUT2D eigenvalue weighted by atomic mass is 10.1. The summed E-state index contributed by atoms with van der Waals surface area (Å²) in [5, 5.41) is 2.76. The van der Waals surface area contributed by atoms with E-state index in [9.17, 15) is 9.59 Å². The number of nitrogens with one attached hydrogen (secondary N) is 1. The number of amides is 1. The molecule has 1 N–H and O–H groups in total. The minimum Gasteiger partial charge on any atom is -0.481 e. The Kier molecular flexibility index (Phi) is 6.17. The Hall–Kier alpha value is -2.82. The lowest BCUT2D eigenvalue weighted by Gasteiger charge is -2.17. The minimum atomic E-state index is -0.673. The molecule has 5 heteroatoms. The molecule has 1 atom stereocenters. The molecule has 25 heavy (non-hydrogen) atoms. The fourth-order valence-electron chi connectivity index (χ4n) is 2.36. The van der Waals surface area contributed by atoms with Crippen molar-refractivity contribution in [1.29, 1.82) is 0 Å². The molecule has 0 bridgehead atoms. The lowest BCUT2D eigenvalue weighted by molar-refractivity contribution is -0.122. The second-order valence-corrected chi connectivity index (χ2v) is 5.82. The van der Waals surface area contributed by atoms with Gasteiger partial charge in [-0.3, -0.25) is 4.79 Å². The van der Waals surface area contributed by atoms with Crippen molar-refractivity contribution in [1.82, 2.24) is 0 Å². The molecule has 132 valence electrons. The summed E-state index contributed by atoms with van der Waals surface area (Å²) < 4.78 is 10.7. The predicted molar refractivity (Wildman–Crippen MR) is 97.0 cm³/mol. The topological polar surface area (TPSA) is 64.6 Å². The first-order valence-corrected chi connectivity index (χ1v) is 8.22. The highest BCUT2D eigenvalue weighted by molar-refractivity contribution is 5.96. The van der Waals surface area contributed by atoms with E-state index in [2.05, 4.69) is 5.32 Å². The molecule has 0 spiro atoms. The summed E-state index contributed by atoms with van der Waals surface area (Å²) in [5.41, 5.74) is 3.02. The van der Waals surface area contributed by atoms with Crippen molar-refractivity contribution in [2.24, 2.45) is 0 Å². The van der Waals surface area contributed by atoms with Gasteiger partial charge in [0.25, 0.3) is 5.91 Å². The largest absolute Gasteiger partial charge is 0.481 e. The number of ether oxygens (including phenoxy) is 2. The molecule has 1 unspecified atom stereocenters. The minimum absolute atomic E-state index is 0.291. The van der Waals surface area contributed by atoms with Gasteiger partial charge in [0.05, 0.1) is 12.2 Å². The maximum atomic E-state index is 12.3. The van der Waals surface area contributed by atoms with Gasteiger partial charge < -0.3 is 14.8 Å². The van der Waals surface area contributed by atoms with Gasteiger partial charge in [-0.2, -0.15) is 0 Å². The number of anilines is 1. The standard InChI is InChI=1S/C20H23NO4/c1-5-24-20(23)16-7-6-8-17(12-16)21-19(22)15(4)25-18-10-9-13(2)11-14(18)3/h6-12,15H,5H2,1-4H3,(H,21,22). The Balaban J connectivity index is 2.03. The summed E-state index contributed by atoms with van der Waals surface area (Å²) in [6.45, 7) is 7.68. The van der Waals surface area contributed by atoms with Crippen LogP contribution in [0.5, 0.6) is 5.75 Å². The molecule has 0 aliphatic heterocycles. The average Bonchev–Trinajstić information content (AvgIpc) is 2.57. The second-order valence-electron chi connectivity index (χ2n) is 5.82. The fourth-order valence-corrected chi connectivity index (χ4v) is 2.36. The first kappa shape index (κ1) is 18.5. The molecular weight excluding hydrogens is 318 g/mol. The predicted octanol–water partition coefficient (Wildman–Crippen LogP) is 3.89. The second kappa shape index (κ2) is 8.33. The molecule has 0 radical (unpaired) electrons. The summed E-state index contributed by atoms with van der Waals surface area (Å²) >= 11 is 0. The Morgan fingerprint density at radius 2 is 1.88 bits per heavy atom. The van der Waals surface area contributed by atoms with Gasteiger partial charge in [-0.1, -0.05) is 23.8 Å². The monoisotopic (exact) mass is 341 g/mol. The van der Waals surface area contributed by atoms with Gasteiger partial charge in [-0.05, 0) is 57.5 Å². The third-order valence-electron chi connectivity index (χ3n) is 3.64. The Bertz CT molecular complexity index is 770. The molecule has 0 heterocycles. The van der Waals surface area contributed by atoms with Crippen LogP contribution in [0.25, 0.3) is 0 Å².